The molecule has 0 aliphatic heterocycles. The summed E-state index contributed by atoms with van der Waals surface area (Å²) in [7, 11) is 0. The second-order valence-corrected chi connectivity index (χ2v) is 5.62. The standard InChI is InChI=1S/C10H22N2O/c1-9(2,3)7-11-8(13)12-10(4,5)6/h7H2,1-6H3,(H2,11,12,13). The summed E-state index contributed by atoms with van der Waals surface area (Å²) in [5.74, 6) is 0. The van der Waals surface area contributed by atoms with E-state index in [1.54, 1.807) is 0 Å². The second-order valence-electron chi connectivity index (χ2n) is 5.62. The molecular formula is C10H22N2O. The van der Waals surface area contributed by atoms with Gasteiger partial charge in [0.25, 0.3) is 0 Å². The zero-order valence-electron chi connectivity index (χ0n) is 9.62. The topological polar surface area (TPSA) is 41.1 Å². The second kappa shape index (κ2) is 3.99. The van der Waals surface area contributed by atoms with E-state index >= 15 is 0 Å². The lowest BCUT2D eigenvalue weighted by atomic mass is 9.97. The van der Waals surface area contributed by atoms with Crippen molar-refractivity contribution in [2.24, 2.45) is 5.41 Å². The Morgan fingerprint density at radius 2 is 1.54 bits per heavy atom. The first-order chi connectivity index (χ1) is 5.60. The van der Waals surface area contributed by atoms with E-state index in [2.05, 4.69) is 31.4 Å². The third-order valence-corrected chi connectivity index (χ3v) is 1.27. The molecule has 0 bridgehead atoms. The van der Waals surface area contributed by atoms with Crippen molar-refractivity contribution in [3.05, 3.63) is 0 Å². The van der Waals surface area contributed by atoms with Gasteiger partial charge in [-0.2, -0.15) is 0 Å². The predicted octanol–water partition coefficient (Wildman–Crippen LogP) is 2.13. The molecule has 0 unspecified atom stereocenters. The largest absolute Gasteiger partial charge is 0.338 e. The van der Waals surface area contributed by atoms with Crippen LogP contribution in [0.2, 0.25) is 0 Å². The van der Waals surface area contributed by atoms with Crippen molar-refractivity contribution in [3.63, 3.8) is 0 Å². The third kappa shape index (κ3) is 9.18. The molecule has 0 heterocycles. The Balaban J connectivity index is 3.78. The maximum atomic E-state index is 11.3. The minimum Gasteiger partial charge on any atom is -0.338 e. The monoisotopic (exact) mass is 186 g/mol. The van der Waals surface area contributed by atoms with Crippen molar-refractivity contribution in [3.8, 4) is 0 Å². The summed E-state index contributed by atoms with van der Waals surface area (Å²) in [5, 5.41) is 5.67. The van der Waals surface area contributed by atoms with Crippen LogP contribution >= 0.6 is 0 Å². The van der Waals surface area contributed by atoms with Gasteiger partial charge in [-0.05, 0) is 26.2 Å². The molecule has 3 heteroatoms. The molecule has 0 radical (unpaired) electrons. The Bertz CT molecular complexity index is 174. The smallest absolute Gasteiger partial charge is 0.315 e. The molecule has 2 amide bonds. The fraction of sp³-hybridized carbons (Fsp3) is 0.900. The molecule has 78 valence electrons. The fourth-order valence-corrected chi connectivity index (χ4v) is 0.730. The molecule has 0 aliphatic rings. The molecule has 3 nitrogen and oxygen atoms in total. The zero-order valence-corrected chi connectivity index (χ0v) is 9.62. The quantitative estimate of drug-likeness (QED) is 0.647. The van der Waals surface area contributed by atoms with E-state index in [9.17, 15) is 4.79 Å². The number of carbonyl (C=O) groups excluding carboxylic acids is 1. The molecule has 0 aromatic carbocycles. The lowest BCUT2D eigenvalue weighted by Crippen LogP contribution is -2.48. The van der Waals surface area contributed by atoms with E-state index in [0.29, 0.717) is 6.54 Å². The zero-order chi connectivity index (χ0) is 10.7. The van der Waals surface area contributed by atoms with E-state index < -0.39 is 0 Å². The summed E-state index contributed by atoms with van der Waals surface area (Å²) in [4.78, 5) is 11.3. The Morgan fingerprint density at radius 3 is 1.85 bits per heavy atom. The van der Waals surface area contributed by atoms with Gasteiger partial charge in [0, 0.05) is 12.1 Å². The summed E-state index contributed by atoms with van der Waals surface area (Å²) in [6.07, 6.45) is 0. The predicted molar refractivity (Wildman–Crippen MR) is 55.7 cm³/mol. The number of hydrogen-bond acceptors (Lipinski definition) is 1. The van der Waals surface area contributed by atoms with Crippen LogP contribution in [0.15, 0.2) is 0 Å². The van der Waals surface area contributed by atoms with Crippen LogP contribution in [0.25, 0.3) is 0 Å². The fourth-order valence-electron chi connectivity index (χ4n) is 0.730. The highest BCUT2D eigenvalue weighted by atomic mass is 16.2. The Labute approximate surface area is 81.3 Å². The molecule has 0 aliphatic carbocycles. The van der Waals surface area contributed by atoms with E-state index in [1.807, 2.05) is 20.8 Å². The van der Waals surface area contributed by atoms with Gasteiger partial charge in [0.15, 0.2) is 0 Å². The summed E-state index contributed by atoms with van der Waals surface area (Å²) < 4.78 is 0. The number of carbonyl (C=O) groups is 1. The van der Waals surface area contributed by atoms with Gasteiger partial charge in [-0.15, -0.1) is 0 Å². The molecule has 0 atom stereocenters. The van der Waals surface area contributed by atoms with Crippen LogP contribution in [-0.2, 0) is 0 Å². The lowest BCUT2D eigenvalue weighted by Gasteiger charge is -2.23. The van der Waals surface area contributed by atoms with E-state index in [1.165, 1.54) is 0 Å². The van der Waals surface area contributed by atoms with Crippen molar-refractivity contribution in [1.82, 2.24) is 10.6 Å². The number of nitrogens with one attached hydrogen (secondary N) is 2. The number of rotatable bonds is 1. The summed E-state index contributed by atoms with van der Waals surface area (Å²) in [5.41, 5.74) is -0.0306. The van der Waals surface area contributed by atoms with Gasteiger partial charge < -0.3 is 10.6 Å². The molecule has 0 spiro atoms. The number of amides is 2. The molecule has 13 heavy (non-hydrogen) atoms. The number of hydrogen-bond donors (Lipinski definition) is 2. The van der Waals surface area contributed by atoms with Crippen LogP contribution < -0.4 is 10.6 Å². The third-order valence-electron chi connectivity index (χ3n) is 1.27. The highest BCUT2D eigenvalue weighted by Gasteiger charge is 2.15. The molecule has 0 rings (SSSR count). The molecule has 0 fully saturated rings. The molecule has 0 saturated heterocycles. The van der Waals surface area contributed by atoms with Gasteiger partial charge >= 0.3 is 6.03 Å². The first kappa shape index (κ1) is 12.3. The molecule has 0 aromatic heterocycles. The molecule has 2 N–H and O–H groups in total. The van der Waals surface area contributed by atoms with Crippen LogP contribution in [-0.4, -0.2) is 18.1 Å². The molecule has 0 saturated carbocycles. The van der Waals surface area contributed by atoms with E-state index in [4.69, 9.17) is 0 Å². The Hall–Kier alpha value is -0.730. The van der Waals surface area contributed by atoms with Gasteiger partial charge in [0.1, 0.15) is 0 Å². The maximum absolute atomic E-state index is 11.3. The van der Waals surface area contributed by atoms with Crippen molar-refractivity contribution in [1.29, 1.82) is 0 Å². The Morgan fingerprint density at radius 1 is 1.08 bits per heavy atom. The van der Waals surface area contributed by atoms with Gasteiger partial charge in [0.2, 0.25) is 0 Å². The van der Waals surface area contributed by atoms with Crippen molar-refractivity contribution in [2.45, 2.75) is 47.1 Å². The summed E-state index contributed by atoms with van der Waals surface area (Å²) in [6.45, 7) is 12.8. The normalized spacial score (nSPS) is 12.5. The van der Waals surface area contributed by atoms with Crippen molar-refractivity contribution < 1.29 is 4.79 Å². The van der Waals surface area contributed by atoms with Gasteiger partial charge in [-0.1, -0.05) is 20.8 Å². The van der Waals surface area contributed by atoms with Gasteiger partial charge in [-0.3, -0.25) is 0 Å². The first-order valence-electron chi connectivity index (χ1n) is 4.66. The van der Waals surface area contributed by atoms with Crippen LogP contribution in [0, 0.1) is 5.41 Å². The molecule has 0 aromatic rings. The number of urea groups is 1. The van der Waals surface area contributed by atoms with E-state index in [0.717, 1.165) is 0 Å². The van der Waals surface area contributed by atoms with Crippen molar-refractivity contribution in [2.75, 3.05) is 6.54 Å². The maximum Gasteiger partial charge on any atom is 0.315 e. The SMILES string of the molecule is CC(C)(C)CNC(=O)NC(C)(C)C. The van der Waals surface area contributed by atoms with Gasteiger partial charge in [0.05, 0.1) is 0 Å². The van der Waals surface area contributed by atoms with Gasteiger partial charge in [-0.25, -0.2) is 4.79 Å². The van der Waals surface area contributed by atoms with E-state index in [-0.39, 0.29) is 17.0 Å². The highest BCUT2D eigenvalue weighted by molar-refractivity contribution is 5.74. The average molecular weight is 186 g/mol. The minimum absolute atomic E-state index is 0.0950. The summed E-state index contributed by atoms with van der Waals surface area (Å²) in [6, 6.07) is -0.0950. The first-order valence-corrected chi connectivity index (χ1v) is 4.66. The lowest BCUT2D eigenvalue weighted by molar-refractivity contribution is 0.227. The molecular weight excluding hydrogens is 164 g/mol. The average Bonchev–Trinajstić information content (AvgIpc) is 1.78. The van der Waals surface area contributed by atoms with Crippen LogP contribution in [0.4, 0.5) is 4.79 Å². The summed E-state index contributed by atoms with van der Waals surface area (Å²) >= 11 is 0. The minimum atomic E-state index is -0.165. The van der Waals surface area contributed by atoms with Crippen molar-refractivity contribution >= 4 is 6.03 Å². The van der Waals surface area contributed by atoms with Crippen LogP contribution in [0.3, 0.4) is 0 Å². The van der Waals surface area contributed by atoms with Crippen LogP contribution in [0.1, 0.15) is 41.5 Å². The van der Waals surface area contributed by atoms with Crippen LogP contribution in [0.5, 0.6) is 0 Å². The highest BCUT2D eigenvalue weighted by Crippen LogP contribution is 2.10. The Kier molecular flexibility index (Phi) is 3.76.